The number of thiophene rings is 1. The summed E-state index contributed by atoms with van der Waals surface area (Å²) in [5, 5.41) is 4.39. The van der Waals surface area contributed by atoms with Crippen LogP contribution in [-0.4, -0.2) is 67.4 Å². The minimum Gasteiger partial charge on any atom is -0.348 e. The highest BCUT2D eigenvalue weighted by atomic mass is 32.1. The summed E-state index contributed by atoms with van der Waals surface area (Å²) in [6.45, 7) is 6.21. The van der Waals surface area contributed by atoms with Gasteiger partial charge in [-0.3, -0.25) is 14.6 Å². The van der Waals surface area contributed by atoms with Crippen LogP contribution in [0.1, 0.15) is 12.0 Å². The highest BCUT2D eigenvalue weighted by Crippen LogP contribution is 2.40. The molecule has 4 nitrogen and oxygen atoms in total. The summed E-state index contributed by atoms with van der Waals surface area (Å²) in [6.07, 6.45) is 1.24. The second kappa shape index (κ2) is 5.47. The first-order chi connectivity index (χ1) is 9.56. The minimum atomic E-state index is 0.219. The van der Waals surface area contributed by atoms with Crippen molar-refractivity contribution >= 4 is 17.2 Å². The van der Waals surface area contributed by atoms with Crippen LogP contribution >= 0.6 is 11.3 Å². The molecule has 0 saturated carbocycles. The number of nitrogens with zero attached hydrogens (tertiary/aromatic N) is 3. The topological polar surface area (TPSA) is 26.8 Å². The lowest BCUT2D eigenvalue weighted by atomic mass is 9.79. The van der Waals surface area contributed by atoms with Gasteiger partial charge in [-0.1, -0.05) is 0 Å². The summed E-state index contributed by atoms with van der Waals surface area (Å²) < 4.78 is 0. The molecule has 110 valence electrons. The van der Waals surface area contributed by atoms with Crippen LogP contribution in [0.5, 0.6) is 0 Å². The zero-order chi connectivity index (χ0) is 14.2. The molecule has 3 rings (SSSR count). The number of likely N-dealkylation sites (tertiary alicyclic amines) is 2. The van der Waals surface area contributed by atoms with Crippen LogP contribution in [0.3, 0.4) is 0 Å². The van der Waals surface area contributed by atoms with Gasteiger partial charge in [-0.15, -0.1) is 0 Å². The summed E-state index contributed by atoms with van der Waals surface area (Å²) in [5.41, 5.74) is 1.89. The fourth-order valence-electron chi connectivity index (χ4n) is 3.41. The average Bonchev–Trinajstić information content (AvgIpc) is 2.98. The van der Waals surface area contributed by atoms with Gasteiger partial charge < -0.3 is 4.90 Å². The van der Waals surface area contributed by atoms with E-state index in [1.54, 1.807) is 16.2 Å². The molecule has 5 heteroatoms. The van der Waals surface area contributed by atoms with Crippen LogP contribution in [0.4, 0.5) is 0 Å². The van der Waals surface area contributed by atoms with Crippen LogP contribution in [0.15, 0.2) is 16.8 Å². The number of likely N-dealkylation sites (N-methyl/N-ethyl adjacent to an activating group) is 1. The van der Waals surface area contributed by atoms with Crippen molar-refractivity contribution in [1.82, 2.24) is 14.7 Å². The molecule has 1 amide bonds. The Labute approximate surface area is 125 Å². The third-order valence-electron chi connectivity index (χ3n) is 4.48. The third-order valence-corrected chi connectivity index (χ3v) is 5.21. The van der Waals surface area contributed by atoms with Crippen molar-refractivity contribution in [3.63, 3.8) is 0 Å². The number of hydrogen-bond donors (Lipinski definition) is 0. The van der Waals surface area contributed by atoms with Gasteiger partial charge in [0.2, 0.25) is 5.91 Å². The third kappa shape index (κ3) is 2.90. The Hall–Kier alpha value is -0.910. The van der Waals surface area contributed by atoms with E-state index in [1.165, 1.54) is 25.1 Å². The Morgan fingerprint density at radius 3 is 2.75 bits per heavy atom. The van der Waals surface area contributed by atoms with Crippen molar-refractivity contribution in [3.8, 4) is 0 Å². The SMILES string of the molecule is CN(C)C(=O)CN1CCC2(C1)CN(Cc1ccsc1)C2. The molecule has 2 saturated heterocycles. The standard InChI is InChI=1S/C15H23N3OS/c1-16(2)14(19)8-17-5-4-15(10-17)11-18(12-15)7-13-3-6-20-9-13/h3,6,9H,4-5,7-8,10-12H2,1-2H3. The number of amides is 1. The van der Waals surface area contributed by atoms with E-state index in [9.17, 15) is 4.79 Å². The van der Waals surface area contributed by atoms with Gasteiger partial charge in [-0.2, -0.15) is 11.3 Å². The first-order valence-electron chi connectivity index (χ1n) is 7.22. The van der Waals surface area contributed by atoms with Crippen molar-refractivity contribution in [3.05, 3.63) is 22.4 Å². The van der Waals surface area contributed by atoms with Crippen LogP contribution in [0, 0.1) is 5.41 Å². The molecule has 1 aromatic rings. The Kier molecular flexibility index (Phi) is 3.84. The molecular formula is C15H23N3OS. The molecule has 20 heavy (non-hydrogen) atoms. The first-order valence-corrected chi connectivity index (χ1v) is 8.17. The lowest BCUT2D eigenvalue weighted by Gasteiger charge is -2.48. The molecule has 3 heterocycles. The first kappa shape index (κ1) is 14.0. The van der Waals surface area contributed by atoms with E-state index in [4.69, 9.17) is 0 Å². The van der Waals surface area contributed by atoms with E-state index in [1.807, 2.05) is 14.1 Å². The molecule has 2 aliphatic heterocycles. The van der Waals surface area contributed by atoms with E-state index in [0.717, 1.165) is 19.6 Å². The van der Waals surface area contributed by atoms with Crippen molar-refractivity contribution in [2.75, 3.05) is 46.8 Å². The second-order valence-electron chi connectivity index (χ2n) is 6.53. The molecule has 0 atom stereocenters. The zero-order valence-electron chi connectivity index (χ0n) is 12.3. The van der Waals surface area contributed by atoms with E-state index in [-0.39, 0.29) is 5.91 Å². The quantitative estimate of drug-likeness (QED) is 0.838. The van der Waals surface area contributed by atoms with Crippen molar-refractivity contribution in [1.29, 1.82) is 0 Å². The molecule has 1 aromatic heterocycles. The Bertz CT molecular complexity index is 465. The lowest BCUT2D eigenvalue weighted by molar-refractivity contribution is -0.129. The van der Waals surface area contributed by atoms with E-state index < -0.39 is 0 Å². The number of hydrogen-bond acceptors (Lipinski definition) is 4. The largest absolute Gasteiger partial charge is 0.348 e. The maximum Gasteiger partial charge on any atom is 0.236 e. The van der Waals surface area contributed by atoms with Crippen molar-refractivity contribution in [2.45, 2.75) is 13.0 Å². The van der Waals surface area contributed by atoms with Crippen LogP contribution in [0.25, 0.3) is 0 Å². The Balaban J connectivity index is 1.46. The number of carbonyl (C=O) groups is 1. The van der Waals surface area contributed by atoms with Crippen LogP contribution < -0.4 is 0 Å². The molecule has 0 N–H and O–H groups in total. The minimum absolute atomic E-state index is 0.219. The summed E-state index contributed by atoms with van der Waals surface area (Å²) in [5.74, 6) is 0.219. The summed E-state index contributed by atoms with van der Waals surface area (Å²) in [6, 6.07) is 2.21. The monoisotopic (exact) mass is 293 g/mol. The Morgan fingerprint density at radius 1 is 1.35 bits per heavy atom. The maximum absolute atomic E-state index is 11.8. The predicted molar refractivity (Wildman–Crippen MR) is 81.8 cm³/mol. The molecule has 2 fully saturated rings. The van der Waals surface area contributed by atoms with Crippen molar-refractivity contribution < 1.29 is 4.79 Å². The number of carbonyl (C=O) groups excluding carboxylic acids is 1. The van der Waals surface area contributed by atoms with Gasteiger partial charge in [-0.05, 0) is 35.4 Å². The number of rotatable bonds is 4. The lowest BCUT2D eigenvalue weighted by Crippen LogP contribution is -2.57. The van der Waals surface area contributed by atoms with Gasteiger partial charge in [0, 0.05) is 45.7 Å². The van der Waals surface area contributed by atoms with Gasteiger partial charge in [0.15, 0.2) is 0 Å². The molecule has 1 spiro atoms. The molecule has 0 aliphatic carbocycles. The van der Waals surface area contributed by atoms with E-state index >= 15 is 0 Å². The predicted octanol–water partition coefficient (Wildman–Crippen LogP) is 1.34. The second-order valence-corrected chi connectivity index (χ2v) is 7.31. The summed E-state index contributed by atoms with van der Waals surface area (Å²) in [4.78, 5) is 18.3. The van der Waals surface area contributed by atoms with Gasteiger partial charge in [-0.25, -0.2) is 0 Å². The Morgan fingerprint density at radius 2 is 2.10 bits per heavy atom. The molecule has 0 unspecified atom stereocenters. The van der Waals surface area contributed by atoms with Gasteiger partial charge in [0.1, 0.15) is 0 Å². The molecule has 0 bridgehead atoms. The smallest absolute Gasteiger partial charge is 0.236 e. The van der Waals surface area contributed by atoms with Crippen molar-refractivity contribution in [2.24, 2.45) is 5.41 Å². The highest BCUT2D eigenvalue weighted by molar-refractivity contribution is 7.07. The normalized spacial score (nSPS) is 22.1. The fourth-order valence-corrected chi connectivity index (χ4v) is 4.07. The maximum atomic E-state index is 11.8. The molecule has 0 aromatic carbocycles. The summed E-state index contributed by atoms with van der Waals surface area (Å²) in [7, 11) is 3.67. The van der Waals surface area contributed by atoms with E-state index in [2.05, 4.69) is 26.6 Å². The zero-order valence-corrected chi connectivity index (χ0v) is 13.2. The van der Waals surface area contributed by atoms with Gasteiger partial charge >= 0.3 is 0 Å². The van der Waals surface area contributed by atoms with Gasteiger partial charge in [0.05, 0.1) is 6.54 Å². The average molecular weight is 293 g/mol. The highest BCUT2D eigenvalue weighted by Gasteiger charge is 2.47. The molecule has 2 aliphatic rings. The van der Waals surface area contributed by atoms with Crippen LogP contribution in [-0.2, 0) is 11.3 Å². The fraction of sp³-hybridized carbons (Fsp3) is 0.667. The molecule has 0 radical (unpaired) electrons. The van der Waals surface area contributed by atoms with Crippen LogP contribution in [0.2, 0.25) is 0 Å². The van der Waals surface area contributed by atoms with E-state index in [0.29, 0.717) is 12.0 Å². The summed E-state index contributed by atoms with van der Waals surface area (Å²) >= 11 is 1.77. The molecular weight excluding hydrogens is 270 g/mol. The van der Waals surface area contributed by atoms with Gasteiger partial charge in [0.25, 0.3) is 0 Å².